The highest BCUT2D eigenvalue weighted by atomic mass is 79.9. The molecular formula is C17H16BrClN2O4S. The second-order valence-corrected chi connectivity index (χ2v) is 7.44. The molecule has 1 N–H and O–H groups in total. The number of methoxy groups -OCH3 is 1. The number of benzene rings is 1. The molecule has 6 nitrogen and oxygen atoms in total. The first-order valence-corrected chi connectivity index (χ1v) is 9.54. The van der Waals surface area contributed by atoms with Crippen LogP contribution in [-0.4, -0.2) is 28.4 Å². The number of hydrogen-bond donors (Lipinski definition) is 1. The maximum atomic E-state index is 12.1. The smallest absolute Gasteiger partial charge is 0.344 e. The van der Waals surface area contributed by atoms with Crippen molar-refractivity contribution < 1.29 is 19.2 Å². The number of thioether (sulfide) groups is 1. The minimum Gasteiger partial charge on any atom is -0.512 e. The first-order chi connectivity index (χ1) is 12.3. The lowest BCUT2D eigenvalue weighted by Gasteiger charge is -2.10. The number of aliphatic hydroxyl groups excluding tert-OH is 1. The summed E-state index contributed by atoms with van der Waals surface area (Å²) in [5.74, 6) is 0.185. The van der Waals surface area contributed by atoms with E-state index in [0.29, 0.717) is 32.4 Å². The number of aryl methyl sites for hydroxylation is 1. The summed E-state index contributed by atoms with van der Waals surface area (Å²) in [5.41, 5.74) is 1.17. The zero-order valence-electron chi connectivity index (χ0n) is 14.2. The molecule has 2 aromatic rings. The van der Waals surface area contributed by atoms with Crippen LogP contribution in [0.5, 0.6) is 0 Å². The zero-order valence-corrected chi connectivity index (χ0v) is 17.4. The summed E-state index contributed by atoms with van der Waals surface area (Å²) < 4.78 is 10.5. The molecule has 138 valence electrons. The average molecular weight is 460 g/mol. The minimum absolute atomic E-state index is 0.0235. The second kappa shape index (κ2) is 9.25. The molecule has 9 heteroatoms. The number of carbonyl (C=O) groups excluding carboxylic acids is 1. The first-order valence-electron chi connectivity index (χ1n) is 7.39. The standard InChI is InChI=1S/C17H16BrClN2O4S/c1-9-6-12(21-25-9)8-26-16(15(10(2)22)17(23)24-3)20-14-7-11(19)4-5-13(14)18/h4-7,22H,8H2,1-3H3. The van der Waals surface area contributed by atoms with Crippen LogP contribution < -0.4 is 0 Å². The lowest BCUT2D eigenvalue weighted by molar-refractivity contribution is -0.135. The maximum Gasteiger partial charge on any atom is 0.344 e. The van der Waals surface area contributed by atoms with Gasteiger partial charge >= 0.3 is 5.97 Å². The number of allylic oxidation sites excluding steroid dienone is 1. The molecule has 0 fully saturated rings. The van der Waals surface area contributed by atoms with Gasteiger partial charge in [-0.05, 0) is 48.0 Å². The van der Waals surface area contributed by atoms with E-state index in [4.69, 9.17) is 20.9 Å². The number of rotatable bonds is 5. The molecule has 0 aliphatic rings. The molecule has 0 bridgehead atoms. The minimum atomic E-state index is -0.689. The summed E-state index contributed by atoms with van der Waals surface area (Å²) >= 11 is 10.7. The largest absolute Gasteiger partial charge is 0.512 e. The molecule has 0 spiro atoms. The average Bonchev–Trinajstić information content (AvgIpc) is 3.00. The molecule has 1 heterocycles. The lowest BCUT2D eigenvalue weighted by atomic mass is 10.2. The van der Waals surface area contributed by atoms with E-state index >= 15 is 0 Å². The van der Waals surface area contributed by atoms with Crippen LogP contribution in [0.3, 0.4) is 0 Å². The highest BCUT2D eigenvalue weighted by Gasteiger charge is 2.22. The van der Waals surface area contributed by atoms with E-state index in [1.807, 2.05) is 0 Å². The number of nitrogens with zero attached hydrogens (tertiary/aromatic N) is 2. The van der Waals surface area contributed by atoms with Crippen molar-refractivity contribution in [3.8, 4) is 0 Å². The quantitative estimate of drug-likeness (QED) is 0.213. The fourth-order valence-electron chi connectivity index (χ4n) is 1.96. The van der Waals surface area contributed by atoms with E-state index in [1.165, 1.54) is 25.8 Å². The van der Waals surface area contributed by atoms with Crippen molar-refractivity contribution in [1.29, 1.82) is 0 Å². The lowest BCUT2D eigenvalue weighted by Crippen LogP contribution is -2.14. The van der Waals surface area contributed by atoms with Crippen LogP contribution in [0.15, 0.2) is 49.6 Å². The molecule has 0 aliphatic carbocycles. The topological polar surface area (TPSA) is 84.9 Å². The maximum absolute atomic E-state index is 12.1. The van der Waals surface area contributed by atoms with Crippen molar-refractivity contribution in [2.45, 2.75) is 19.6 Å². The van der Waals surface area contributed by atoms with Crippen LogP contribution in [0.1, 0.15) is 18.4 Å². The van der Waals surface area contributed by atoms with Gasteiger partial charge in [-0.2, -0.15) is 0 Å². The normalized spacial score (nSPS) is 12.7. The van der Waals surface area contributed by atoms with Crippen LogP contribution >= 0.6 is 39.3 Å². The van der Waals surface area contributed by atoms with Crippen molar-refractivity contribution in [1.82, 2.24) is 5.16 Å². The highest BCUT2D eigenvalue weighted by Crippen LogP contribution is 2.32. The fourth-order valence-corrected chi connectivity index (χ4v) is 3.42. The summed E-state index contributed by atoms with van der Waals surface area (Å²) in [7, 11) is 1.24. The number of ether oxygens (including phenoxy) is 1. The predicted octanol–water partition coefficient (Wildman–Crippen LogP) is 5.37. The third-order valence-electron chi connectivity index (χ3n) is 3.13. The van der Waals surface area contributed by atoms with Crippen molar-refractivity contribution >= 4 is 56.0 Å². The van der Waals surface area contributed by atoms with Crippen molar-refractivity contribution in [3.05, 3.63) is 56.5 Å². The van der Waals surface area contributed by atoms with Gasteiger partial charge in [-0.25, -0.2) is 9.79 Å². The molecule has 26 heavy (non-hydrogen) atoms. The molecule has 1 aromatic carbocycles. The summed E-state index contributed by atoms with van der Waals surface area (Å²) in [6.07, 6.45) is 0. The van der Waals surface area contributed by atoms with Gasteiger partial charge in [0.05, 0.1) is 18.5 Å². The van der Waals surface area contributed by atoms with E-state index in [0.717, 1.165) is 0 Å². The fraction of sp³-hybridized carbons (Fsp3) is 0.235. The Bertz CT molecular complexity index is 875. The Morgan fingerprint density at radius 1 is 1.46 bits per heavy atom. The van der Waals surface area contributed by atoms with Gasteiger partial charge in [0.2, 0.25) is 0 Å². The van der Waals surface area contributed by atoms with Gasteiger partial charge < -0.3 is 14.4 Å². The summed E-state index contributed by atoms with van der Waals surface area (Å²) in [5, 5.41) is 14.7. The summed E-state index contributed by atoms with van der Waals surface area (Å²) in [4.78, 5) is 16.6. The van der Waals surface area contributed by atoms with Crippen LogP contribution in [0.25, 0.3) is 0 Å². The molecule has 2 rings (SSSR count). The SMILES string of the molecule is COC(=O)C(C(=Nc1cc(Cl)ccc1Br)SCc1cc(C)on1)=C(C)O. The Morgan fingerprint density at radius 3 is 2.77 bits per heavy atom. The summed E-state index contributed by atoms with van der Waals surface area (Å²) in [6.45, 7) is 3.19. The van der Waals surface area contributed by atoms with E-state index in [9.17, 15) is 9.90 Å². The van der Waals surface area contributed by atoms with Gasteiger partial charge in [0.25, 0.3) is 0 Å². The Hall–Kier alpha value is -1.77. The highest BCUT2D eigenvalue weighted by molar-refractivity contribution is 9.10. The molecule has 0 atom stereocenters. The van der Waals surface area contributed by atoms with Crippen molar-refractivity contribution in [3.63, 3.8) is 0 Å². The number of aromatic nitrogens is 1. The Kier molecular flexibility index (Phi) is 7.31. The number of carbonyl (C=O) groups is 1. The van der Waals surface area contributed by atoms with Crippen LogP contribution in [0.2, 0.25) is 5.02 Å². The molecule has 0 saturated carbocycles. The third kappa shape index (κ3) is 5.36. The molecule has 0 aliphatic heterocycles. The van der Waals surface area contributed by atoms with Crippen molar-refractivity contribution in [2.24, 2.45) is 4.99 Å². The molecular weight excluding hydrogens is 444 g/mol. The number of aliphatic imine (C=N–C) groups is 1. The third-order valence-corrected chi connectivity index (χ3v) is 5.04. The number of hydrogen-bond acceptors (Lipinski definition) is 7. The van der Waals surface area contributed by atoms with E-state index in [-0.39, 0.29) is 16.4 Å². The Morgan fingerprint density at radius 2 is 2.19 bits per heavy atom. The zero-order chi connectivity index (χ0) is 19.3. The van der Waals surface area contributed by atoms with Gasteiger partial charge in [0.15, 0.2) is 0 Å². The van der Waals surface area contributed by atoms with Crippen LogP contribution in [0, 0.1) is 6.92 Å². The molecule has 1 aromatic heterocycles. The van der Waals surface area contributed by atoms with E-state index < -0.39 is 5.97 Å². The second-order valence-electron chi connectivity index (χ2n) is 5.18. The molecule has 0 radical (unpaired) electrons. The van der Waals surface area contributed by atoms with E-state index in [1.54, 1.807) is 31.2 Å². The molecule has 0 unspecified atom stereocenters. The van der Waals surface area contributed by atoms with Crippen molar-refractivity contribution in [2.75, 3.05) is 7.11 Å². The first kappa shape index (κ1) is 20.5. The van der Waals surface area contributed by atoms with Gasteiger partial charge in [0.1, 0.15) is 22.1 Å². The van der Waals surface area contributed by atoms with Crippen LogP contribution in [-0.2, 0) is 15.3 Å². The van der Waals surface area contributed by atoms with E-state index in [2.05, 4.69) is 26.1 Å². The Balaban J connectivity index is 2.46. The van der Waals surface area contributed by atoms with Gasteiger partial charge in [-0.15, -0.1) is 0 Å². The molecule has 0 saturated heterocycles. The monoisotopic (exact) mass is 458 g/mol. The van der Waals surface area contributed by atoms with Crippen LogP contribution in [0.4, 0.5) is 5.69 Å². The molecule has 0 amide bonds. The summed E-state index contributed by atoms with van der Waals surface area (Å²) in [6, 6.07) is 6.89. The number of aliphatic hydroxyl groups is 1. The van der Waals surface area contributed by atoms with Gasteiger partial charge in [-0.1, -0.05) is 28.5 Å². The number of esters is 1. The number of halogens is 2. The van der Waals surface area contributed by atoms with Gasteiger partial charge in [-0.3, -0.25) is 0 Å². The Labute approximate surface area is 168 Å². The van der Waals surface area contributed by atoms with Gasteiger partial charge in [0, 0.05) is 21.3 Å². The predicted molar refractivity (Wildman–Crippen MR) is 106 cm³/mol.